The minimum absolute atomic E-state index is 0.595. The van der Waals surface area contributed by atoms with E-state index in [0.29, 0.717) is 17.5 Å². The van der Waals surface area contributed by atoms with Crippen molar-refractivity contribution < 1.29 is 0 Å². The minimum Gasteiger partial charge on any atom is -0.309 e. The van der Waals surface area contributed by atoms with E-state index >= 15 is 0 Å². The molecule has 0 spiro atoms. The SMILES string of the molecule is c1ccc(-c2ccc3ccc4c5ccccc5nc(-c5ccc(-c6nc(-c7ccccc7)nc(-c7ccc(-n8c9ccccc9c9ccccc98)cc7)n6)cc5)c4c3n2)cc1. The van der Waals surface area contributed by atoms with Gasteiger partial charge in [0.25, 0.3) is 0 Å². The average Bonchev–Trinajstić information content (AvgIpc) is 3.68. The van der Waals surface area contributed by atoms with Crippen LogP contribution in [-0.2, 0) is 0 Å². The van der Waals surface area contributed by atoms with Gasteiger partial charge in [0.15, 0.2) is 17.5 Å². The van der Waals surface area contributed by atoms with E-state index in [1.165, 1.54) is 21.8 Å². The number of fused-ring (bicyclic) bond motifs is 8. The maximum atomic E-state index is 5.31. The largest absolute Gasteiger partial charge is 0.309 e. The van der Waals surface area contributed by atoms with Crippen molar-refractivity contribution in [2.45, 2.75) is 0 Å². The highest BCUT2D eigenvalue weighted by Crippen LogP contribution is 2.39. The van der Waals surface area contributed by atoms with Crippen molar-refractivity contribution >= 4 is 54.4 Å². The number of hydrogen-bond acceptors (Lipinski definition) is 5. The summed E-state index contributed by atoms with van der Waals surface area (Å²) >= 11 is 0. The maximum absolute atomic E-state index is 5.31. The van der Waals surface area contributed by atoms with Gasteiger partial charge in [-0.05, 0) is 53.9 Å². The summed E-state index contributed by atoms with van der Waals surface area (Å²) < 4.78 is 2.32. The third-order valence-electron chi connectivity index (χ3n) is 11.6. The van der Waals surface area contributed by atoms with Crippen LogP contribution in [0.4, 0.5) is 0 Å². The Morgan fingerprint density at radius 3 is 1.44 bits per heavy atom. The zero-order chi connectivity index (χ0) is 40.3. The molecule has 0 bridgehead atoms. The van der Waals surface area contributed by atoms with Gasteiger partial charge < -0.3 is 4.57 Å². The second-order valence-corrected chi connectivity index (χ2v) is 15.3. The van der Waals surface area contributed by atoms with Crippen molar-refractivity contribution in [2.75, 3.05) is 0 Å². The third-order valence-corrected chi connectivity index (χ3v) is 11.6. The second kappa shape index (κ2) is 14.2. The molecule has 0 saturated carbocycles. The summed E-state index contributed by atoms with van der Waals surface area (Å²) in [6.45, 7) is 0. The molecule has 6 heteroatoms. The molecule has 0 aliphatic carbocycles. The van der Waals surface area contributed by atoms with Gasteiger partial charge in [0.05, 0.1) is 33.5 Å². The fraction of sp³-hybridized carbons (Fsp3) is 0. The Morgan fingerprint density at radius 2 is 0.803 bits per heavy atom. The molecule has 4 aromatic heterocycles. The predicted octanol–water partition coefficient (Wildman–Crippen LogP) is 13.6. The first-order valence-corrected chi connectivity index (χ1v) is 20.4. The van der Waals surface area contributed by atoms with E-state index < -0.39 is 0 Å². The molecule has 0 aliphatic rings. The summed E-state index contributed by atoms with van der Waals surface area (Å²) in [6, 6.07) is 71.5. The maximum Gasteiger partial charge on any atom is 0.164 e. The standard InChI is InChI=1S/C55H34N6/c1-3-13-35(14-4-1)46-34-30-37-29-33-45-42-17-7-10-20-47(42)57-52(50(45)51(37)56-46)36-23-25-39(26-24-36)54-58-53(38-15-5-2-6-16-38)59-55(60-54)40-27-31-41(32-28-40)61-48-21-11-8-18-43(48)44-19-9-12-22-49(44)61/h1-34H. The normalized spacial score (nSPS) is 11.6. The van der Waals surface area contributed by atoms with Crippen LogP contribution in [0, 0.1) is 0 Å². The molecule has 0 atom stereocenters. The summed E-state index contributed by atoms with van der Waals surface area (Å²) in [4.78, 5) is 25.8. The quantitative estimate of drug-likeness (QED) is 0.157. The summed E-state index contributed by atoms with van der Waals surface area (Å²) in [5.41, 5.74) is 11.9. The van der Waals surface area contributed by atoms with Crippen LogP contribution in [0.1, 0.15) is 0 Å². The van der Waals surface area contributed by atoms with E-state index in [4.69, 9.17) is 24.9 Å². The van der Waals surface area contributed by atoms with Gasteiger partial charge in [-0.1, -0.05) is 158 Å². The second-order valence-electron chi connectivity index (χ2n) is 15.3. The van der Waals surface area contributed by atoms with Crippen molar-refractivity contribution in [3.63, 3.8) is 0 Å². The molecule has 0 saturated heterocycles. The highest BCUT2D eigenvalue weighted by atomic mass is 15.0. The van der Waals surface area contributed by atoms with Gasteiger partial charge in [0.1, 0.15) is 0 Å². The highest BCUT2D eigenvalue weighted by Gasteiger charge is 2.18. The number of nitrogens with zero attached hydrogens (tertiary/aromatic N) is 6. The first-order valence-electron chi connectivity index (χ1n) is 20.4. The van der Waals surface area contributed by atoms with Crippen LogP contribution < -0.4 is 0 Å². The van der Waals surface area contributed by atoms with Crippen LogP contribution in [0.3, 0.4) is 0 Å². The highest BCUT2D eigenvalue weighted by molar-refractivity contribution is 6.20. The van der Waals surface area contributed by atoms with Crippen LogP contribution in [0.5, 0.6) is 0 Å². The van der Waals surface area contributed by atoms with Gasteiger partial charge in [0, 0.05) is 60.4 Å². The molecule has 12 rings (SSSR count). The van der Waals surface area contributed by atoms with E-state index in [1.54, 1.807) is 0 Å². The minimum atomic E-state index is 0.595. The zero-order valence-corrected chi connectivity index (χ0v) is 32.8. The topological polar surface area (TPSA) is 69.4 Å². The van der Waals surface area contributed by atoms with Crippen LogP contribution >= 0.6 is 0 Å². The molecule has 0 aliphatic heterocycles. The molecule has 8 aromatic carbocycles. The molecule has 284 valence electrons. The molecule has 0 radical (unpaired) electrons. The Labute approximate surface area is 351 Å². The summed E-state index contributed by atoms with van der Waals surface area (Å²) in [6.07, 6.45) is 0. The molecule has 4 heterocycles. The van der Waals surface area contributed by atoms with Gasteiger partial charge in [-0.3, -0.25) is 0 Å². The lowest BCUT2D eigenvalue weighted by molar-refractivity contribution is 1.07. The zero-order valence-electron chi connectivity index (χ0n) is 32.8. The fourth-order valence-corrected chi connectivity index (χ4v) is 8.69. The van der Waals surface area contributed by atoms with E-state index in [2.05, 4.69) is 156 Å². The van der Waals surface area contributed by atoms with Crippen LogP contribution in [0.25, 0.3) is 117 Å². The van der Waals surface area contributed by atoms with Gasteiger partial charge in [-0.15, -0.1) is 0 Å². The third kappa shape index (κ3) is 5.92. The van der Waals surface area contributed by atoms with E-state index in [1.807, 2.05) is 54.6 Å². The van der Waals surface area contributed by atoms with Gasteiger partial charge >= 0.3 is 0 Å². The number of benzene rings is 8. The van der Waals surface area contributed by atoms with Crippen LogP contribution in [0.2, 0.25) is 0 Å². The van der Waals surface area contributed by atoms with E-state index in [-0.39, 0.29) is 0 Å². The lowest BCUT2D eigenvalue weighted by atomic mass is 9.96. The number of rotatable bonds is 6. The van der Waals surface area contributed by atoms with E-state index in [9.17, 15) is 0 Å². The lowest BCUT2D eigenvalue weighted by Gasteiger charge is -2.14. The molecule has 0 unspecified atom stereocenters. The Hall–Kier alpha value is -8.35. The monoisotopic (exact) mass is 778 g/mol. The van der Waals surface area contributed by atoms with Gasteiger partial charge in [0.2, 0.25) is 0 Å². The van der Waals surface area contributed by atoms with Crippen molar-refractivity contribution in [2.24, 2.45) is 0 Å². The van der Waals surface area contributed by atoms with Crippen molar-refractivity contribution in [1.82, 2.24) is 29.5 Å². The average molecular weight is 779 g/mol. The van der Waals surface area contributed by atoms with Crippen molar-refractivity contribution in [3.05, 3.63) is 206 Å². The number of hydrogen-bond donors (Lipinski definition) is 0. The number of pyridine rings is 2. The lowest BCUT2D eigenvalue weighted by Crippen LogP contribution is -2.00. The van der Waals surface area contributed by atoms with E-state index in [0.717, 1.165) is 77.5 Å². The molecular formula is C55H34N6. The van der Waals surface area contributed by atoms with Crippen LogP contribution in [-0.4, -0.2) is 29.5 Å². The molecule has 0 fully saturated rings. The Kier molecular flexibility index (Phi) is 8.06. The molecule has 0 N–H and O–H groups in total. The smallest absolute Gasteiger partial charge is 0.164 e. The summed E-state index contributed by atoms with van der Waals surface area (Å²) in [5, 5.41) is 6.77. The summed E-state index contributed by atoms with van der Waals surface area (Å²) in [7, 11) is 0. The molecule has 0 amide bonds. The van der Waals surface area contributed by atoms with Gasteiger partial charge in [-0.2, -0.15) is 0 Å². The van der Waals surface area contributed by atoms with Crippen LogP contribution in [0.15, 0.2) is 206 Å². The first-order chi connectivity index (χ1) is 30.2. The molecule has 6 nitrogen and oxygen atoms in total. The van der Waals surface area contributed by atoms with Crippen molar-refractivity contribution in [1.29, 1.82) is 0 Å². The Morgan fingerprint density at radius 1 is 0.311 bits per heavy atom. The molecular weight excluding hydrogens is 745 g/mol. The Balaban J connectivity index is 0.977. The first kappa shape index (κ1) is 34.7. The van der Waals surface area contributed by atoms with Gasteiger partial charge in [-0.25, -0.2) is 24.9 Å². The number of aromatic nitrogens is 6. The summed E-state index contributed by atoms with van der Waals surface area (Å²) in [5.74, 6) is 1.82. The molecule has 61 heavy (non-hydrogen) atoms. The Bertz CT molecular complexity index is 3560. The number of para-hydroxylation sites is 3. The fourth-order valence-electron chi connectivity index (χ4n) is 8.69. The predicted molar refractivity (Wildman–Crippen MR) is 249 cm³/mol. The van der Waals surface area contributed by atoms with Crippen molar-refractivity contribution in [3.8, 4) is 62.4 Å². The molecule has 12 aromatic rings.